The van der Waals surface area contributed by atoms with Crippen molar-refractivity contribution in [2.24, 2.45) is 0 Å². The number of halogens is 1. The smallest absolute Gasteiger partial charge is 0.241 e. The average molecular weight is 307 g/mol. The minimum atomic E-state index is -3.81. The molecule has 108 valence electrons. The second-order valence-corrected chi connectivity index (χ2v) is 7.21. The molecule has 0 heterocycles. The summed E-state index contributed by atoms with van der Waals surface area (Å²) in [6, 6.07) is 2.84. The van der Waals surface area contributed by atoms with E-state index in [1.165, 1.54) is 19.1 Å². The fraction of sp³-hybridized carbons (Fsp3) is 0.500. The van der Waals surface area contributed by atoms with Crippen molar-refractivity contribution >= 4 is 27.3 Å². The van der Waals surface area contributed by atoms with Crippen molar-refractivity contribution < 1.29 is 13.5 Å². The van der Waals surface area contributed by atoms with Crippen molar-refractivity contribution in [1.29, 1.82) is 0 Å². The Morgan fingerprint density at radius 2 is 1.95 bits per heavy atom. The van der Waals surface area contributed by atoms with Crippen LogP contribution >= 0.6 is 11.6 Å². The number of hydrogen-bond acceptors (Lipinski definition) is 4. The molecule has 4 N–H and O–H groups in total. The molecule has 0 aromatic heterocycles. The fourth-order valence-electron chi connectivity index (χ4n) is 1.44. The highest BCUT2D eigenvalue weighted by atomic mass is 35.5. The number of nitrogens with two attached hydrogens (primary N) is 1. The van der Waals surface area contributed by atoms with Crippen molar-refractivity contribution in [3.05, 3.63) is 22.7 Å². The Bertz CT molecular complexity index is 583. The van der Waals surface area contributed by atoms with Crippen molar-refractivity contribution in [2.75, 3.05) is 5.73 Å². The first kappa shape index (κ1) is 16.2. The second kappa shape index (κ2) is 5.28. The van der Waals surface area contributed by atoms with Crippen LogP contribution in [0.3, 0.4) is 0 Å². The summed E-state index contributed by atoms with van der Waals surface area (Å²) in [6.07, 6.45) is -0.848. The van der Waals surface area contributed by atoms with Gasteiger partial charge in [0.05, 0.1) is 16.5 Å². The third kappa shape index (κ3) is 3.60. The number of anilines is 1. The Morgan fingerprint density at radius 1 is 1.42 bits per heavy atom. The number of benzene rings is 1. The lowest BCUT2D eigenvalue weighted by Gasteiger charge is -2.29. The van der Waals surface area contributed by atoms with Crippen LogP contribution in [0.1, 0.15) is 26.3 Å². The normalized spacial score (nSPS) is 14.4. The zero-order valence-electron chi connectivity index (χ0n) is 11.4. The molecule has 19 heavy (non-hydrogen) atoms. The Labute approximate surface area is 118 Å². The monoisotopic (exact) mass is 306 g/mol. The molecule has 0 saturated carbocycles. The molecule has 7 heteroatoms. The molecule has 0 amide bonds. The predicted molar refractivity (Wildman–Crippen MR) is 76.7 cm³/mol. The van der Waals surface area contributed by atoms with Gasteiger partial charge in [-0.05, 0) is 45.4 Å². The lowest BCUT2D eigenvalue weighted by Crippen LogP contribution is -2.50. The maximum Gasteiger partial charge on any atom is 0.241 e. The topological polar surface area (TPSA) is 92.4 Å². The van der Waals surface area contributed by atoms with E-state index in [1.807, 2.05) is 0 Å². The van der Waals surface area contributed by atoms with Gasteiger partial charge in [0, 0.05) is 10.7 Å². The summed E-state index contributed by atoms with van der Waals surface area (Å²) in [5.41, 5.74) is 5.46. The maximum absolute atomic E-state index is 12.3. The minimum absolute atomic E-state index is 0.0197. The van der Waals surface area contributed by atoms with Gasteiger partial charge in [0.1, 0.15) is 0 Å². The number of nitrogen functional groups attached to an aromatic ring is 1. The van der Waals surface area contributed by atoms with Crippen LogP contribution in [0.15, 0.2) is 17.0 Å². The van der Waals surface area contributed by atoms with Gasteiger partial charge in [-0.2, -0.15) is 0 Å². The highest BCUT2D eigenvalue weighted by Crippen LogP contribution is 2.27. The Balaban J connectivity index is 3.30. The van der Waals surface area contributed by atoms with Gasteiger partial charge < -0.3 is 10.8 Å². The summed E-state index contributed by atoms with van der Waals surface area (Å²) in [7, 11) is -3.81. The molecule has 0 aliphatic carbocycles. The lowest BCUT2D eigenvalue weighted by molar-refractivity contribution is 0.111. The van der Waals surface area contributed by atoms with Crippen LogP contribution < -0.4 is 10.5 Å². The Morgan fingerprint density at radius 3 is 2.42 bits per heavy atom. The molecule has 0 aliphatic rings. The van der Waals surface area contributed by atoms with E-state index in [1.54, 1.807) is 20.8 Å². The first-order chi connectivity index (χ1) is 8.47. The first-order valence-corrected chi connectivity index (χ1v) is 7.61. The molecular formula is C12H19ClN2O3S. The highest BCUT2D eigenvalue weighted by molar-refractivity contribution is 7.89. The molecule has 1 rings (SSSR count). The van der Waals surface area contributed by atoms with Gasteiger partial charge in [-0.1, -0.05) is 11.6 Å². The molecule has 0 radical (unpaired) electrons. The standard InChI is InChI=1S/C12H19ClN2O3S/c1-7-10(14)5-9(13)6-11(7)19(17,18)15-12(3,4)8(2)16/h5-6,8,15-16H,14H2,1-4H3. The van der Waals surface area contributed by atoms with E-state index in [2.05, 4.69) is 4.72 Å². The van der Waals surface area contributed by atoms with E-state index in [-0.39, 0.29) is 9.92 Å². The van der Waals surface area contributed by atoms with E-state index >= 15 is 0 Å². The molecule has 0 fully saturated rings. The van der Waals surface area contributed by atoms with Gasteiger partial charge >= 0.3 is 0 Å². The van der Waals surface area contributed by atoms with E-state index in [4.69, 9.17) is 17.3 Å². The van der Waals surface area contributed by atoms with E-state index < -0.39 is 21.7 Å². The number of aliphatic hydroxyl groups excluding tert-OH is 1. The van der Waals surface area contributed by atoms with Crippen LogP contribution in [-0.4, -0.2) is 25.2 Å². The van der Waals surface area contributed by atoms with Crippen LogP contribution in [0.2, 0.25) is 5.02 Å². The summed E-state index contributed by atoms with van der Waals surface area (Å²) < 4.78 is 27.1. The van der Waals surface area contributed by atoms with Gasteiger partial charge in [-0.25, -0.2) is 13.1 Å². The van der Waals surface area contributed by atoms with Crippen molar-refractivity contribution in [1.82, 2.24) is 4.72 Å². The van der Waals surface area contributed by atoms with Crippen LogP contribution in [0.4, 0.5) is 5.69 Å². The van der Waals surface area contributed by atoms with E-state index in [0.29, 0.717) is 11.3 Å². The SMILES string of the molecule is Cc1c(N)cc(Cl)cc1S(=O)(=O)NC(C)(C)C(C)O. The van der Waals surface area contributed by atoms with Crippen LogP contribution in [0, 0.1) is 6.92 Å². The van der Waals surface area contributed by atoms with Gasteiger partial charge in [0.15, 0.2) is 0 Å². The van der Waals surface area contributed by atoms with Gasteiger partial charge in [0.2, 0.25) is 10.0 Å². The summed E-state index contributed by atoms with van der Waals surface area (Å²) in [5.74, 6) is 0. The van der Waals surface area contributed by atoms with Crippen LogP contribution in [0.25, 0.3) is 0 Å². The molecular weight excluding hydrogens is 288 g/mol. The molecule has 1 aromatic rings. The molecule has 0 aliphatic heterocycles. The van der Waals surface area contributed by atoms with Crippen molar-refractivity contribution in [3.8, 4) is 0 Å². The number of hydrogen-bond donors (Lipinski definition) is 3. The highest BCUT2D eigenvalue weighted by Gasteiger charge is 2.31. The van der Waals surface area contributed by atoms with E-state index in [0.717, 1.165) is 0 Å². The number of sulfonamides is 1. The van der Waals surface area contributed by atoms with Gasteiger partial charge in [0.25, 0.3) is 0 Å². The number of rotatable bonds is 4. The van der Waals surface area contributed by atoms with Crippen molar-refractivity contribution in [3.63, 3.8) is 0 Å². The second-order valence-electron chi connectivity index (χ2n) is 5.12. The zero-order valence-corrected chi connectivity index (χ0v) is 12.9. The third-order valence-corrected chi connectivity index (χ3v) is 5.11. The first-order valence-electron chi connectivity index (χ1n) is 5.75. The molecule has 1 aromatic carbocycles. The van der Waals surface area contributed by atoms with Crippen LogP contribution in [-0.2, 0) is 10.0 Å². The number of nitrogens with one attached hydrogen (secondary N) is 1. The Hall–Kier alpha value is -0.820. The van der Waals surface area contributed by atoms with Crippen LogP contribution in [0.5, 0.6) is 0 Å². The summed E-state index contributed by atoms with van der Waals surface area (Å²) in [6.45, 7) is 6.31. The van der Waals surface area contributed by atoms with E-state index in [9.17, 15) is 13.5 Å². The number of aliphatic hydroxyl groups is 1. The molecule has 1 unspecified atom stereocenters. The third-order valence-electron chi connectivity index (χ3n) is 3.10. The quantitative estimate of drug-likeness (QED) is 0.738. The summed E-state index contributed by atoms with van der Waals surface area (Å²) in [4.78, 5) is 0.0197. The Kier molecular flexibility index (Phi) is 4.51. The molecule has 1 atom stereocenters. The summed E-state index contributed by atoms with van der Waals surface area (Å²) >= 11 is 5.84. The maximum atomic E-state index is 12.3. The molecule has 0 bridgehead atoms. The molecule has 0 saturated heterocycles. The predicted octanol–water partition coefficient (Wildman–Crippen LogP) is 1.67. The van der Waals surface area contributed by atoms with Crippen molar-refractivity contribution in [2.45, 2.75) is 44.2 Å². The largest absolute Gasteiger partial charge is 0.398 e. The average Bonchev–Trinajstić information content (AvgIpc) is 2.21. The lowest BCUT2D eigenvalue weighted by atomic mass is 10.0. The zero-order chi connectivity index (χ0) is 15.0. The summed E-state index contributed by atoms with van der Waals surface area (Å²) in [5, 5.41) is 9.84. The molecule has 0 spiro atoms. The fourth-order valence-corrected chi connectivity index (χ4v) is 3.51. The molecule has 5 nitrogen and oxygen atoms in total. The minimum Gasteiger partial charge on any atom is -0.398 e. The van der Waals surface area contributed by atoms with Gasteiger partial charge in [-0.15, -0.1) is 0 Å². The van der Waals surface area contributed by atoms with Gasteiger partial charge in [-0.3, -0.25) is 0 Å².